The standard InChI is InChI=1S/C9H8BrF2NO6S/c1-18-8-3-2-6(4-7(8)10)20(16,17)19-5-9(11,12)13(14)15/h2-4H,5H2,1H3. The molecule has 0 aliphatic rings. The molecule has 0 aliphatic heterocycles. The van der Waals surface area contributed by atoms with Crippen LogP contribution in [0.1, 0.15) is 0 Å². The lowest BCUT2D eigenvalue weighted by Gasteiger charge is -2.10. The van der Waals surface area contributed by atoms with Crippen molar-refractivity contribution < 1.29 is 31.0 Å². The summed E-state index contributed by atoms with van der Waals surface area (Å²) in [7, 11) is -3.19. The van der Waals surface area contributed by atoms with Gasteiger partial charge in [-0.2, -0.15) is 8.42 Å². The van der Waals surface area contributed by atoms with Gasteiger partial charge in [-0.25, -0.2) is 0 Å². The van der Waals surface area contributed by atoms with Crippen molar-refractivity contribution in [2.24, 2.45) is 0 Å². The van der Waals surface area contributed by atoms with E-state index < -0.39 is 32.6 Å². The van der Waals surface area contributed by atoms with Crippen molar-refractivity contribution in [1.82, 2.24) is 0 Å². The highest BCUT2D eigenvalue weighted by Crippen LogP contribution is 2.28. The first-order valence-corrected chi connectivity index (χ1v) is 7.05. The van der Waals surface area contributed by atoms with Crippen LogP contribution in [-0.4, -0.2) is 33.1 Å². The van der Waals surface area contributed by atoms with Crippen LogP contribution in [0.3, 0.4) is 0 Å². The lowest BCUT2D eigenvalue weighted by molar-refractivity contribution is -0.645. The van der Waals surface area contributed by atoms with E-state index in [0.717, 1.165) is 12.1 Å². The van der Waals surface area contributed by atoms with Crippen molar-refractivity contribution in [3.63, 3.8) is 0 Å². The zero-order valence-corrected chi connectivity index (χ0v) is 12.3. The van der Waals surface area contributed by atoms with Gasteiger partial charge in [-0.05, 0) is 34.1 Å². The Balaban J connectivity index is 2.95. The van der Waals surface area contributed by atoms with Crippen molar-refractivity contribution >= 4 is 26.0 Å². The largest absolute Gasteiger partial charge is 0.535 e. The van der Waals surface area contributed by atoms with Crippen LogP contribution in [0.4, 0.5) is 8.78 Å². The van der Waals surface area contributed by atoms with Crippen LogP contribution in [-0.2, 0) is 14.3 Å². The molecule has 7 nitrogen and oxygen atoms in total. The predicted molar refractivity (Wildman–Crippen MR) is 65.8 cm³/mol. The Labute approximate surface area is 120 Å². The summed E-state index contributed by atoms with van der Waals surface area (Å²) in [6, 6.07) is -1.09. The number of nitrogens with zero attached hydrogens (tertiary/aromatic N) is 1. The molecule has 0 bridgehead atoms. The highest BCUT2D eigenvalue weighted by molar-refractivity contribution is 9.10. The summed E-state index contributed by atoms with van der Waals surface area (Å²) in [5.41, 5.74) is 0. The smallest absolute Gasteiger partial charge is 0.496 e. The molecule has 1 aromatic carbocycles. The third-order valence-electron chi connectivity index (χ3n) is 2.07. The lowest BCUT2D eigenvalue weighted by atomic mass is 10.3. The molecular formula is C9H8BrF2NO6S. The fourth-order valence-corrected chi connectivity index (χ4v) is 2.69. The highest BCUT2D eigenvalue weighted by Gasteiger charge is 2.46. The fourth-order valence-electron chi connectivity index (χ4n) is 1.07. The second-order valence-corrected chi connectivity index (χ2v) is 5.91. The summed E-state index contributed by atoms with van der Waals surface area (Å²) in [4.78, 5) is 7.60. The van der Waals surface area contributed by atoms with E-state index in [9.17, 15) is 27.3 Å². The minimum Gasteiger partial charge on any atom is -0.496 e. The lowest BCUT2D eigenvalue weighted by Crippen LogP contribution is -2.34. The minimum atomic E-state index is -4.54. The predicted octanol–water partition coefficient (Wildman–Crippen LogP) is 2.03. The van der Waals surface area contributed by atoms with Crippen LogP contribution in [0, 0.1) is 10.1 Å². The van der Waals surface area contributed by atoms with Gasteiger partial charge in [0.05, 0.1) is 21.4 Å². The van der Waals surface area contributed by atoms with Crippen molar-refractivity contribution in [2.45, 2.75) is 10.9 Å². The van der Waals surface area contributed by atoms with E-state index in [2.05, 4.69) is 20.1 Å². The molecule has 0 radical (unpaired) electrons. The van der Waals surface area contributed by atoms with Gasteiger partial charge >= 0.3 is 6.05 Å². The Kier molecular flexibility index (Phi) is 5.00. The molecule has 20 heavy (non-hydrogen) atoms. The molecule has 0 spiro atoms. The quantitative estimate of drug-likeness (QED) is 0.326. The van der Waals surface area contributed by atoms with E-state index in [-0.39, 0.29) is 4.47 Å². The monoisotopic (exact) mass is 375 g/mol. The van der Waals surface area contributed by atoms with Gasteiger partial charge in [-0.3, -0.25) is 14.3 Å². The molecule has 0 aliphatic carbocycles. The molecule has 11 heteroatoms. The van der Waals surface area contributed by atoms with Gasteiger partial charge in [-0.1, -0.05) is 0 Å². The summed E-state index contributed by atoms with van der Waals surface area (Å²) in [5.74, 6) is 0.319. The van der Waals surface area contributed by atoms with Gasteiger partial charge in [0.2, 0.25) is 6.61 Å². The SMILES string of the molecule is COc1ccc(S(=O)(=O)OCC(F)(F)[N+](=O)[O-])cc1Br. The number of ether oxygens (including phenoxy) is 1. The van der Waals surface area contributed by atoms with Crippen LogP contribution in [0.25, 0.3) is 0 Å². The Morgan fingerprint density at radius 2 is 2.05 bits per heavy atom. The van der Waals surface area contributed by atoms with E-state index >= 15 is 0 Å². The van der Waals surface area contributed by atoms with Gasteiger partial charge in [0, 0.05) is 0 Å². The van der Waals surface area contributed by atoms with Gasteiger partial charge < -0.3 is 4.74 Å². The van der Waals surface area contributed by atoms with Crippen LogP contribution in [0.15, 0.2) is 27.6 Å². The Morgan fingerprint density at radius 3 is 2.50 bits per heavy atom. The molecule has 0 amide bonds. The van der Waals surface area contributed by atoms with E-state index in [4.69, 9.17) is 4.74 Å². The van der Waals surface area contributed by atoms with E-state index in [1.54, 1.807) is 0 Å². The summed E-state index contributed by atoms with van der Waals surface area (Å²) < 4.78 is 57.7. The molecule has 0 fully saturated rings. The van der Waals surface area contributed by atoms with Gasteiger partial charge in [0.1, 0.15) is 5.75 Å². The topological polar surface area (TPSA) is 95.7 Å². The summed E-state index contributed by atoms with van der Waals surface area (Å²) in [6.45, 7) is -1.88. The molecule has 0 saturated carbocycles. The maximum atomic E-state index is 12.7. The van der Waals surface area contributed by atoms with E-state index in [0.29, 0.717) is 5.75 Å². The van der Waals surface area contributed by atoms with E-state index in [1.807, 2.05) is 0 Å². The second kappa shape index (κ2) is 5.97. The van der Waals surface area contributed by atoms with Crippen molar-refractivity contribution in [3.8, 4) is 5.75 Å². The molecule has 1 rings (SSSR count). The second-order valence-electron chi connectivity index (χ2n) is 3.44. The number of methoxy groups -OCH3 is 1. The molecule has 112 valence electrons. The fraction of sp³-hybridized carbons (Fsp3) is 0.333. The third kappa shape index (κ3) is 3.84. The van der Waals surface area contributed by atoms with Crippen LogP contribution >= 0.6 is 15.9 Å². The number of hydrogen-bond acceptors (Lipinski definition) is 6. The number of benzene rings is 1. The third-order valence-corrected chi connectivity index (χ3v) is 3.95. The summed E-state index contributed by atoms with van der Waals surface area (Å²) in [5, 5.41) is 9.97. The van der Waals surface area contributed by atoms with Crippen molar-refractivity contribution in [1.29, 1.82) is 0 Å². The van der Waals surface area contributed by atoms with Gasteiger partial charge in [-0.15, -0.1) is 8.78 Å². The Bertz CT molecular complexity index is 621. The zero-order valence-electron chi connectivity index (χ0n) is 9.88. The van der Waals surface area contributed by atoms with Gasteiger partial charge in [0.25, 0.3) is 10.1 Å². The van der Waals surface area contributed by atoms with Crippen LogP contribution < -0.4 is 4.74 Å². The molecule has 0 aromatic heterocycles. The number of alkyl halides is 2. The minimum absolute atomic E-state index is 0.255. The first-order chi connectivity index (χ1) is 9.10. The average molecular weight is 376 g/mol. The molecular weight excluding hydrogens is 368 g/mol. The maximum Gasteiger partial charge on any atom is 0.535 e. The zero-order chi connectivity index (χ0) is 15.6. The normalized spacial score (nSPS) is 12.2. The average Bonchev–Trinajstić information content (AvgIpc) is 2.36. The molecule has 0 heterocycles. The summed E-state index contributed by atoms with van der Waals surface area (Å²) in [6.07, 6.45) is 0. The van der Waals surface area contributed by atoms with Crippen molar-refractivity contribution in [3.05, 3.63) is 32.8 Å². The van der Waals surface area contributed by atoms with Crippen molar-refractivity contribution in [2.75, 3.05) is 13.7 Å². The molecule has 0 N–H and O–H groups in total. The maximum absolute atomic E-state index is 12.7. The molecule has 1 aromatic rings. The first kappa shape index (κ1) is 16.7. The highest BCUT2D eigenvalue weighted by atomic mass is 79.9. The number of hydrogen-bond donors (Lipinski definition) is 0. The number of rotatable bonds is 6. The van der Waals surface area contributed by atoms with Crippen LogP contribution in [0.2, 0.25) is 0 Å². The molecule has 0 atom stereocenters. The molecule has 0 unspecified atom stereocenters. The Morgan fingerprint density at radius 1 is 1.45 bits per heavy atom. The van der Waals surface area contributed by atoms with E-state index in [1.165, 1.54) is 13.2 Å². The Hall–Kier alpha value is -1.33. The number of nitro groups is 1. The van der Waals surface area contributed by atoms with Gasteiger partial charge in [0.15, 0.2) is 0 Å². The number of halogens is 3. The van der Waals surface area contributed by atoms with Crippen LogP contribution in [0.5, 0.6) is 5.75 Å². The summed E-state index contributed by atoms with van der Waals surface area (Å²) >= 11 is 3.01. The first-order valence-electron chi connectivity index (χ1n) is 4.85. The molecule has 0 saturated heterocycles.